The van der Waals surface area contributed by atoms with Crippen molar-refractivity contribution < 1.29 is 14.0 Å². The fraction of sp³-hybridized carbons (Fsp3) is 0.412. The molecule has 0 atom stereocenters. The summed E-state index contributed by atoms with van der Waals surface area (Å²) in [4.78, 5) is 16.0. The van der Waals surface area contributed by atoms with Crippen LogP contribution in [0, 0.1) is 17.8 Å². The predicted molar refractivity (Wildman–Crippen MR) is 91.4 cm³/mol. The second-order valence-electron chi connectivity index (χ2n) is 6.21. The highest BCUT2D eigenvalue weighted by atomic mass is 16.3. The summed E-state index contributed by atoms with van der Waals surface area (Å²) >= 11 is 0. The lowest BCUT2D eigenvalue weighted by Crippen LogP contribution is -2.15. The number of aliphatic hydroxyl groups is 1. The zero-order valence-electron chi connectivity index (χ0n) is 16.3. The Morgan fingerprint density at radius 1 is 1.46 bits per heavy atom. The number of aromatic nitrogens is 3. The largest absolute Gasteiger partial charge is 0.378 e. The van der Waals surface area contributed by atoms with Crippen molar-refractivity contribution in [2.75, 3.05) is 17.6 Å². The molecular weight excluding hydrogens is 306 g/mol. The molecule has 0 saturated heterocycles. The van der Waals surface area contributed by atoms with Gasteiger partial charge in [-0.05, 0) is 32.8 Å². The number of pyridine rings is 1. The van der Waals surface area contributed by atoms with Gasteiger partial charge in [-0.3, -0.25) is 4.79 Å². The highest BCUT2D eigenvalue weighted by Crippen LogP contribution is 2.30. The molecule has 3 rings (SSSR count). The molecule has 1 aliphatic carbocycles. The molecule has 0 bridgehead atoms. The minimum atomic E-state index is -2.46. The number of hydrogen-bond donors (Lipinski definition) is 3. The minimum Gasteiger partial charge on any atom is -0.378 e. The van der Waals surface area contributed by atoms with Gasteiger partial charge in [-0.25, -0.2) is 4.98 Å². The van der Waals surface area contributed by atoms with Gasteiger partial charge in [0.05, 0.1) is 5.56 Å². The number of carbonyl (C=O) groups is 1. The Kier molecular flexibility index (Phi) is 3.20. The van der Waals surface area contributed by atoms with Crippen molar-refractivity contribution in [1.29, 1.82) is 0 Å². The Balaban J connectivity index is 2.07. The van der Waals surface area contributed by atoms with Crippen LogP contribution in [0.25, 0.3) is 10.9 Å². The lowest BCUT2D eigenvalue weighted by atomic mass is 10.1. The first kappa shape index (κ1) is 12.7. The van der Waals surface area contributed by atoms with Gasteiger partial charge in [0, 0.05) is 28.6 Å². The second-order valence-corrected chi connectivity index (χ2v) is 6.21. The summed E-state index contributed by atoms with van der Waals surface area (Å²) in [6.45, 7) is 0.628. The third-order valence-electron chi connectivity index (χ3n) is 3.45. The van der Waals surface area contributed by atoms with Gasteiger partial charge < -0.3 is 15.7 Å². The monoisotopic (exact) mass is 328 g/mol. The van der Waals surface area contributed by atoms with Gasteiger partial charge in [0.15, 0.2) is 11.6 Å². The number of fused-ring (bicyclic) bond motifs is 1. The van der Waals surface area contributed by atoms with E-state index in [4.69, 9.17) is 4.11 Å². The van der Waals surface area contributed by atoms with Crippen LogP contribution >= 0.6 is 0 Å². The Hall–Kier alpha value is -2.72. The van der Waals surface area contributed by atoms with E-state index in [1.165, 1.54) is 6.20 Å². The van der Waals surface area contributed by atoms with Crippen LogP contribution in [0.3, 0.4) is 0 Å². The summed E-state index contributed by atoms with van der Waals surface area (Å²) in [5, 5.41) is 23.3. The van der Waals surface area contributed by atoms with Crippen LogP contribution in [-0.2, 0) is 4.79 Å². The molecule has 1 saturated carbocycles. The summed E-state index contributed by atoms with van der Waals surface area (Å²) in [6, 6.07) is 1.57. The third kappa shape index (κ3) is 3.60. The highest BCUT2D eigenvalue weighted by Gasteiger charge is 2.30. The van der Waals surface area contributed by atoms with Crippen molar-refractivity contribution in [3.05, 3.63) is 17.8 Å². The maximum absolute atomic E-state index is 12.0. The lowest BCUT2D eigenvalue weighted by Gasteiger charge is -2.09. The zero-order chi connectivity index (χ0) is 19.8. The molecule has 2 aromatic rings. The number of anilines is 2. The zero-order valence-corrected chi connectivity index (χ0v) is 13.3. The first-order valence-electron chi connectivity index (χ1n) is 9.03. The predicted octanol–water partition coefficient (Wildman–Crippen LogP) is 1.54. The van der Waals surface area contributed by atoms with Gasteiger partial charge in [0.2, 0.25) is 5.91 Å². The van der Waals surface area contributed by atoms with Crippen molar-refractivity contribution in [3.8, 4) is 11.8 Å². The molecule has 124 valence electrons. The lowest BCUT2D eigenvalue weighted by molar-refractivity contribution is -0.117. The van der Waals surface area contributed by atoms with E-state index in [0.29, 0.717) is 10.9 Å². The van der Waals surface area contributed by atoms with Gasteiger partial charge >= 0.3 is 0 Å². The molecule has 3 N–H and O–H groups in total. The molecule has 0 spiro atoms. The highest BCUT2D eigenvalue weighted by molar-refractivity contribution is 5.97. The van der Waals surface area contributed by atoms with Gasteiger partial charge in [-0.2, -0.15) is 0 Å². The van der Waals surface area contributed by atoms with Crippen LogP contribution in [-0.4, -0.2) is 38.8 Å². The topological polar surface area (TPSA) is 100 Å². The molecule has 1 aliphatic rings. The number of hydrogen-bond acceptors (Lipinski definition) is 6. The molecule has 2 aromatic heterocycles. The number of rotatable bonds is 3. The Labute approximate surface area is 144 Å². The van der Waals surface area contributed by atoms with E-state index in [-0.39, 0.29) is 29.0 Å². The van der Waals surface area contributed by atoms with Crippen LogP contribution in [0.4, 0.5) is 11.6 Å². The number of amides is 1. The number of carbonyl (C=O) groups excluding carboxylic acids is 1. The summed E-state index contributed by atoms with van der Waals surface area (Å²) in [5.41, 5.74) is -0.580. The van der Waals surface area contributed by atoms with Crippen LogP contribution in [0.5, 0.6) is 0 Å². The molecule has 2 heterocycles. The van der Waals surface area contributed by atoms with Gasteiger partial charge in [0.25, 0.3) is 0 Å². The fourth-order valence-electron chi connectivity index (χ4n) is 2.08. The first-order valence-corrected chi connectivity index (χ1v) is 7.53. The van der Waals surface area contributed by atoms with Gasteiger partial charge in [-0.15, -0.1) is 10.2 Å². The Morgan fingerprint density at radius 3 is 2.92 bits per heavy atom. The molecule has 1 amide bonds. The quantitative estimate of drug-likeness (QED) is 0.739. The fourth-order valence-corrected chi connectivity index (χ4v) is 2.08. The minimum absolute atomic E-state index is 0.00201. The van der Waals surface area contributed by atoms with E-state index in [1.54, 1.807) is 19.9 Å². The average Bonchev–Trinajstić information content (AvgIpc) is 3.36. The smallest absolute Gasteiger partial charge is 0.228 e. The van der Waals surface area contributed by atoms with E-state index in [9.17, 15) is 9.90 Å². The number of nitrogens with zero attached hydrogens (tertiary/aromatic N) is 3. The summed E-state index contributed by atoms with van der Waals surface area (Å²) < 4.78 is 22.1. The average molecular weight is 328 g/mol. The van der Waals surface area contributed by atoms with Crippen LogP contribution in [0.2, 0.25) is 0 Å². The molecule has 0 aliphatic heterocycles. The van der Waals surface area contributed by atoms with Gasteiger partial charge in [-0.1, -0.05) is 11.8 Å². The molecule has 0 unspecified atom stereocenters. The van der Waals surface area contributed by atoms with Gasteiger partial charge in [0.1, 0.15) is 11.1 Å². The van der Waals surface area contributed by atoms with Crippen molar-refractivity contribution in [2.24, 2.45) is 5.92 Å². The van der Waals surface area contributed by atoms with E-state index >= 15 is 0 Å². The summed E-state index contributed by atoms with van der Waals surface area (Å²) in [6.07, 6.45) is 3.10. The molecule has 1 fully saturated rings. The molecule has 7 heteroatoms. The summed E-state index contributed by atoms with van der Waals surface area (Å²) in [7, 11) is 0. The molecular formula is C17H19N5O2. The van der Waals surface area contributed by atoms with E-state index in [2.05, 4.69) is 37.7 Å². The van der Waals surface area contributed by atoms with Crippen LogP contribution < -0.4 is 10.6 Å². The molecule has 7 nitrogen and oxygen atoms in total. The van der Waals surface area contributed by atoms with E-state index < -0.39 is 12.6 Å². The summed E-state index contributed by atoms with van der Waals surface area (Å²) in [5.74, 6) is 5.67. The molecule has 0 radical (unpaired) electrons. The van der Waals surface area contributed by atoms with Crippen molar-refractivity contribution >= 4 is 28.4 Å². The first-order chi connectivity index (χ1) is 12.5. The maximum Gasteiger partial charge on any atom is 0.228 e. The standard InChI is InChI=1S/C17H19N5O2/c1-17(2,24)7-6-11-9-19-15(18-3)14-12(11)8-13(21-22-14)20-16(23)10-4-5-10/h8-10,24H,4-5H2,1-3H3,(H,18,19)(H,20,21,23)/i3D3. The molecule has 24 heavy (non-hydrogen) atoms. The second kappa shape index (κ2) is 6.06. The Bertz CT molecular complexity index is 953. The SMILES string of the molecule is [2H]C([2H])([2H])Nc1ncc(C#CC(C)(C)O)c2cc(NC(=O)C3CC3)nnc12. The molecule has 0 aromatic carbocycles. The van der Waals surface area contributed by atoms with Crippen LogP contribution in [0.15, 0.2) is 12.3 Å². The normalized spacial score (nSPS) is 16.4. The van der Waals surface area contributed by atoms with Crippen molar-refractivity contribution in [2.45, 2.75) is 32.3 Å². The van der Waals surface area contributed by atoms with E-state index in [1.807, 2.05) is 0 Å². The third-order valence-corrected chi connectivity index (χ3v) is 3.45. The van der Waals surface area contributed by atoms with Crippen molar-refractivity contribution in [3.63, 3.8) is 0 Å². The van der Waals surface area contributed by atoms with Crippen molar-refractivity contribution in [1.82, 2.24) is 15.2 Å². The van der Waals surface area contributed by atoms with Crippen LogP contribution in [0.1, 0.15) is 36.4 Å². The van der Waals surface area contributed by atoms with E-state index in [0.717, 1.165) is 12.8 Å². The maximum atomic E-state index is 12.0. The number of nitrogens with one attached hydrogen (secondary N) is 2. The Morgan fingerprint density at radius 2 is 2.25 bits per heavy atom.